The molecule has 2 amide bonds. The van der Waals surface area contributed by atoms with E-state index in [1.807, 2.05) is 54.6 Å². The summed E-state index contributed by atoms with van der Waals surface area (Å²) >= 11 is 0. The Morgan fingerprint density at radius 1 is 0.951 bits per heavy atom. The lowest BCUT2D eigenvalue weighted by atomic mass is 9.95. The summed E-state index contributed by atoms with van der Waals surface area (Å²) in [6, 6.07) is 18.4. The highest BCUT2D eigenvalue weighted by molar-refractivity contribution is 5.99. The van der Waals surface area contributed by atoms with E-state index in [0.717, 1.165) is 16.7 Å². The lowest BCUT2D eigenvalue weighted by Gasteiger charge is -2.26. The number of carbonyl (C=O) groups excluding carboxylic acids is 2. The predicted molar refractivity (Wildman–Crippen MR) is 151 cm³/mol. The van der Waals surface area contributed by atoms with Crippen LogP contribution < -0.4 is 20.1 Å². The molecule has 0 saturated heterocycles. The minimum atomic E-state index is -1.51. The Morgan fingerprint density at radius 3 is 2.24 bits per heavy atom. The van der Waals surface area contributed by atoms with Gasteiger partial charge >= 0.3 is 12.1 Å². The molecule has 1 aromatic heterocycles. The van der Waals surface area contributed by atoms with Gasteiger partial charge in [-0.05, 0) is 43.9 Å². The first-order valence-electron chi connectivity index (χ1n) is 13.4. The molecule has 41 heavy (non-hydrogen) atoms. The molecule has 1 heterocycles. The Hall–Kier alpha value is -4.60. The van der Waals surface area contributed by atoms with Crippen molar-refractivity contribution in [3.8, 4) is 11.5 Å². The number of aromatic nitrogens is 1. The first-order valence-corrected chi connectivity index (χ1v) is 13.4. The summed E-state index contributed by atoms with van der Waals surface area (Å²) < 4.78 is 17.2. The Balaban J connectivity index is 1.50. The summed E-state index contributed by atoms with van der Waals surface area (Å²) in [5.74, 6) is -1.43. The van der Waals surface area contributed by atoms with E-state index < -0.39 is 29.1 Å². The van der Waals surface area contributed by atoms with Crippen molar-refractivity contribution in [2.75, 3.05) is 13.2 Å². The first kappa shape index (κ1) is 29.4. The quantitative estimate of drug-likeness (QED) is 0.295. The lowest BCUT2D eigenvalue weighted by molar-refractivity contribution is -0.144. The second-order valence-electron chi connectivity index (χ2n) is 10.9. The van der Waals surface area contributed by atoms with Crippen LogP contribution in [0, 0.1) is 0 Å². The third-order valence-electron chi connectivity index (χ3n) is 6.42. The monoisotopic (exact) mass is 561 g/mol. The number of pyridine rings is 1. The van der Waals surface area contributed by atoms with E-state index in [9.17, 15) is 19.5 Å². The van der Waals surface area contributed by atoms with Gasteiger partial charge in [-0.15, -0.1) is 0 Å². The van der Waals surface area contributed by atoms with Crippen LogP contribution in [-0.4, -0.2) is 52.4 Å². The molecule has 3 N–H and O–H groups in total. The van der Waals surface area contributed by atoms with Crippen LogP contribution in [0.25, 0.3) is 0 Å². The standard InChI is InChI=1S/C31H35N3O7/c1-30(2,3)41-29(38)33-15-9-17-39-24-14-16-32-25(26(24)40-20-21-10-5-4-6-11-21)27(35)34-31(28(36)37)18-22-12-7-8-13-23(22)19-31/h4-8,10-14,16H,9,15,17-20H2,1-3H3,(H,33,38)(H,34,35)(H,36,37). The van der Waals surface area contributed by atoms with Crippen molar-refractivity contribution in [2.24, 2.45) is 0 Å². The third-order valence-corrected chi connectivity index (χ3v) is 6.42. The van der Waals surface area contributed by atoms with E-state index in [1.54, 1.807) is 26.8 Å². The van der Waals surface area contributed by atoms with Gasteiger partial charge in [0.1, 0.15) is 17.7 Å². The Morgan fingerprint density at radius 2 is 1.61 bits per heavy atom. The van der Waals surface area contributed by atoms with Crippen LogP contribution in [0.4, 0.5) is 4.79 Å². The molecule has 4 rings (SSSR count). The van der Waals surface area contributed by atoms with E-state index in [0.29, 0.717) is 13.0 Å². The normalized spacial score (nSPS) is 13.5. The average Bonchev–Trinajstić information content (AvgIpc) is 3.31. The molecule has 1 aliphatic rings. The lowest BCUT2D eigenvalue weighted by Crippen LogP contribution is -2.55. The predicted octanol–water partition coefficient (Wildman–Crippen LogP) is 4.31. The summed E-state index contributed by atoms with van der Waals surface area (Å²) in [6.07, 6.45) is 1.67. The number of amides is 2. The Kier molecular flexibility index (Phi) is 9.11. The molecule has 1 aliphatic carbocycles. The number of nitrogens with one attached hydrogen (secondary N) is 2. The number of benzene rings is 2. The van der Waals surface area contributed by atoms with Crippen LogP contribution in [0.2, 0.25) is 0 Å². The van der Waals surface area contributed by atoms with Crippen LogP contribution in [0.5, 0.6) is 11.5 Å². The molecule has 10 heteroatoms. The summed E-state index contributed by atoms with van der Waals surface area (Å²) in [4.78, 5) is 42.1. The van der Waals surface area contributed by atoms with Gasteiger partial charge in [0, 0.05) is 31.6 Å². The van der Waals surface area contributed by atoms with Gasteiger partial charge in [-0.1, -0.05) is 54.6 Å². The van der Waals surface area contributed by atoms with E-state index >= 15 is 0 Å². The molecule has 0 atom stereocenters. The maximum absolute atomic E-state index is 13.6. The van der Waals surface area contributed by atoms with Gasteiger partial charge in [0.2, 0.25) is 0 Å². The number of fused-ring (bicyclic) bond motifs is 1. The zero-order valence-electron chi connectivity index (χ0n) is 23.4. The van der Waals surface area contributed by atoms with Crippen molar-refractivity contribution in [2.45, 2.75) is 57.8 Å². The molecular weight excluding hydrogens is 526 g/mol. The van der Waals surface area contributed by atoms with Gasteiger partial charge in [-0.25, -0.2) is 14.6 Å². The van der Waals surface area contributed by atoms with Crippen LogP contribution in [0.3, 0.4) is 0 Å². The second-order valence-corrected chi connectivity index (χ2v) is 10.9. The number of carboxylic acid groups (broad SMARTS) is 1. The minimum Gasteiger partial charge on any atom is -0.489 e. The summed E-state index contributed by atoms with van der Waals surface area (Å²) in [5.41, 5.74) is 0.426. The molecule has 3 aromatic rings. The maximum Gasteiger partial charge on any atom is 0.407 e. The molecule has 0 aliphatic heterocycles. The zero-order chi connectivity index (χ0) is 29.5. The molecule has 2 aromatic carbocycles. The van der Waals surface area contributed by atoms with Gasteiger partial charge in [0.05, 0.1) is 6.61 Å². The largest absolute Gasteiger partial charge is 0.489 e. The fourth-order valence-corrected chi connectivity index (χ4v) is 4.52. The SMILES string of the molecule is CC(C)(C)OC(=O)NCCCOc1ccnc(C(=O)NC2(C(=O)O)Cc3ccccc3C2)c1OCc1ccccc1. The number of hydrogen-bond acceptors (Lipinski definition) is 7. The first-order chi connectivity index (χ1) is 19.6. The maximum atomic E-state index is 13.6. The van der Waals surface area contributed by atoms with Crippen LogP contribution in [0.1, 0.15) is 54.4 Å². The summed E-state index contributed by atoms with van der Waals surface area (Å²) in [6.45, 7) is 6.01. The summed E-state index contributed by atoms with van der Waals surface area (Å²) in [5, 5.41) is 15.6. The molecule has 0 radical (unpaired) electrons. The number of aliphatic carboxylic acids is 1. The Labute approximate surface area is 239 Å². The molecule has 0 fully saturated rings. The highest BCUT2D eigenvalue weighted by Crippen LogP contribution is 2.34. The smallest absolute Gasteiger partial charge is 0.407 e. The number of alkyl carbamates (subject to hydrolysis) is 1. The van der Waals surface area contributed by atoms with E-state index in [1.165, 1.54) is 6.20 Å². The molecule has 0 spiro atoms. The number of carbonyl (C=O) groups is 3. The van der Waals surface area contributed by atoms with Gasteiger partial charge < -0.3 is 30.0 Å². The van der Waals surface area contributed by atoms with E-state index in [2.05, 4.69) is 15.6 Å². The number of carboxylic acids is 1. The van der Waals surface area contributed by atoms with Crippen molar-refractivity contribution >= 4 is 18.0 Å². The molecule has 216 valence electrons. The number of hydrogen-bond donors (Lipinski definition) is 3. The van der Waals surface area contributed by atoms with Gasteiger partial charge in [0.25, 0.3) is 5.91 Å². The van der Waals surface area contributed by atoms with E-state index in [-0.39, 0.29) is 43.2 Å². The van der Waals surface area contributed by atoms with E-state index in [4.69, 9.17) is 14.2 Å². The highest BCUT2D eigenvalue weighted by atomic mass is 16.6. The van der Waals surface area contributed by atoms with Crippen molar-refractivity contribution in [3.63, 3.8) is 0 Å². The fraction of sp³-hybridized carbons (Fsp3) is 0.355. The third kappa shape index (κ3) is 7.75. The number of nitrogens with zero attached hydrogens (tertiary/aromatic N) is 1. The minimum absolute atomic E-state index is 0.0816. The molecule has 0 bridgehead atoms. The van der Waals surface area contributed by atoms with Gasteiger partial charge in [-0.2, -0.15) is 0 Å². The average molecular weight is 562 g/mol. The van der Waals surface area contributed by atoms with Crippen molar-refractivity contribution in [1.29, 1.82) is 0 Å². The van der Waals surface area contributed by atoms with Crippen LogP contribution in [0.15, 0.2) is 66.9 Å². The zero-order valence-corrected chi connectivity index (χ0v) is 23.4. The number of rotatable bonds is 11. The molecule has 0 saturated carbocycles. The topological polar surface area (TPSA) is 136 Å². The highest BCUT2D eigenvalue weighted by Gasteiger charge is 2.46. The molecule has 10 nitrogen and oxygen atoms in total. The van der Waals surface area contributed by atoms with Crippen molar-refractivity contribution in [1.82, 2.24) is 15.6 Å². The van der Waals surface area contributed by atoms with Gasteiger partial charge in [-0.3, -0.25) is 4.79 Å². The fourth-order valence-electron chi connectivity index (χ4n) is 4.52. The molecule has 0 unspecified atom stereocenters. The van der Waals surface area contributed by atoms with Crippen LogP contribution in [-0.2, 0) is 29.0 Å². The van der Waals surface area contributed by atoms with Crippen LogP contribution >= 0.6 is 0 Å². The summed E-state index contributed by atoms with van der Waals surface area (Å²) in [7, 11) is 0. The second kappa shape index (κ2) is 12.7. The van der Waals surface area contributed by atoms with Crippen molar-refractivity contribution < 1.29 is 33.7 Å². The van der Waals surface area contributed by atoms with Gasteiger partial charge in [0.15, 0.2) is 17.2 Å². The number of ether oxygens (including phenoxy) is 3. The Bertz CT molecular complexity index is 1360. The van der Waals surface area contributed by atoms with Crippen molar-refractivity contribution in [3.05, 3.63) is 89.2 Å². The molecular formula is C31H35N3O7.